The van der Waals surface area contributed by atoms with E-state index in [-0.39, 0.29) is 11.9 Å². The van der Waals surface area contributed by atoms with Crippen LogP contribution in [0, 0.1) is 0 Å². The van der Waals surface area contributed by atoms with E-state index in [1.807, 2.05) is 29.2 Å². The molecular formula is C14H20N2O2. The molecule has 1 fully saturated rings. The fourth-order valence-electron chi connectivity index (χ4n) is 2.22. The molecule has 0 unspecified atom stereocenters. The Morgan fingerprint density at radius 2 is 2.17 bits per heavy atom. The lowest BCUT2D eigenvalue weighted by atomic mass is 10.1. The number of ether oxygens (including phenoxy) is 1. The maximum atomic E-state index is 12.3. The van der Waals surface area contributed by atoms with Gasteiger partial charge in [0.25, 0.3) is 5.91 Å². The van der Waals surface area contributed by atoms with Crippen LogP contribution in [-0.4, -0.2) is 43.6 Å². The second kappa shape index (κ2) is 5.98. The van der Waals surface area contributed by atoms with Crippen LogP contribution in [0.1, 0.15) is 22.8 Å². The van der Waals surface area contributed by atoms with Gasteiger partial charge in [-0.3, -0.25) is 4.79 Å². The molecule has 1 heterocycles. The van der Waals surface area contributed by atoms with Gasteiger partial charge in [-0.2, -0.15) is 0 Å². The maximum Gasteiger partial charge on any atom is 0.254 e. The van der Waals surface area contributed by atoms with Gasteiger partial charge in [0.15, 0.2) is 0 Å². The van der Waals surface area contributed by atoms with Gasteiger partial charge in [-0.15, -0.1) is 0 Å². The Kier molecular flexibility index (Phi) is 4.33. The number of piperazine rings is 1. The Morgan fingerprint density at radius 3 is 2.78 bits per heavy atom. The van der Waals surface area contributed by atoms with Crippen molar-refractivity contribution in [3.63, 3.8) is 0 Å². The molecule has 1 N–H and O–H groups in total. The second-order valence-electron chi connectivity index (χ2n) is 4.68. The van der Waals surface area contributed by atoms with Crippen molar-refractivity contribution < 1.29 is 9.53 Å². The average molecular weight is 248 g/mol. The zero-order chi connectivity index (χ0) is 13.0. The third-order valence-electron chi connectivity index (χ3n) is 3.27. The van der Waals surface area contributed by atoms with Crippen molar-refractivity contribution in [2.45, 2.75) is 19.6 Å². The summed E-state index contributed by atoms with van der Waals surface area (Å²) in [6, 6.07) is 7.91. The summed E-state index contributed by atoms with van der Waals surface area (Å²) in [5.41, 5.74) is 1.84. The summed E-state index contributed by atoms with van der Waals surface area (Å²) >= 11 is 0. The minimum atomic E-state index is 0.118. The molecular weight excluding hydrogens is 228 g/mol. The van der Waals surface area contributed by atoms with Gasteiger partial charge >= 0.3 is 0 Å². The number of carbonyl (C=O) groups excluding carboxylic acids is 1. The first-order valence-electron chi connectivity index (χ1n) is 6.32. The largest absolute Gasteiger partial charge is 0.380 e. The van der Waals surface area contributed by atoms with Crippen molar-refractivity contribution in [1.82, 2.24) is 10.2 Å². The Labute approximate surface area is 108 Å². The van der Waals surface area contributed by atoms with Crippen LogP contribution in [0.2, 0.25) is 0 Å². The number of carbonyl (C=O) groups is 1. The van der Waals surface area contributed by atoms with Crippen molar-refractivity contribution in [3.05, 3.63) is 35.4 Å². The number of methoxy groups -OCH3 is 1. The van der Waals surface area contributed by atoms with Gasteiger partial charge < -0.3 is 15.0 Å². The molecule has 1 aromatic rings. The zero-order valence-electron chi connectivity index (χ0n) is 11.0. The summed E-state index contributed by atoms with van der Waals surface area (Å²) in [5.74, 6) is 0.118. The van der Waals surface area contributed by atoms with Crippen LogP contribution in [-0.2, 0) is 11.3 Å². The van der Waals surface area contributed by atoms with E-state index in [2.05, 4.69) is 12.2 Å². The number of rotatable bonds is 3. The fourth-order valence-corrected chi connectivity index (χ4v) is 2.22. The highest BCUT2D eigenvalue weighted by Gasteiger charge is 2.23. The predicted octanol–water partition coefficient (Wildman–Crippen LogP) is 1.27. The number of amides is 1. The number of benzene rings is 1. The summed E-state index contributed by atoms with van der Waals surface area (Å²) in [6.45, 7) is 5.17. The first-order valence-corrected chi connectivity index (χ1v) is 6.32. The van der Waals surface area contributed by atoms with Gasteiger partial charge in [-0.25, -0.2) is 0 Å². The van der Waals surface area contributed by atoms with Crippen molar-refractivity contribution in [2.24, 2.45) is 0 Å². The van der Waals surface area contributed by atoms with E-state index in [4.69, 9.17) is 4.74 Å². The predicted molar refractivity (Wildman–Crippen MR) is 70.5 cm³/mol. The number of nitrogens with one attached hydrogen (secondary N) is 1. The Morgan fingerprint density at radius 1 is 1.44 bits per heavy atom. The highest BCUT2D eigenvalue weighted by Crippen LogP contribution is 2.12. The maximum absolute atomic E-state index is 12.3. The Bertz CT molecular complexity index is 403. The second-order valence-corrected chi connectivity index (χ2v) is 4.68. The van der Waals surface area contributed by atoms with E-state index < -0.39 is 0 Å². The fraction of sp³-hybridized carbons (Fsp3) is 0.500. The molecule has 1 aliphatic rings. The monoisotopic (exact) mass is 248 g/mol. The quantitative estimate of drug-likeness (QED) is 0.876. The molecule has 0 aliphatic carbocycles. The highest BCUT2D eigenvalue weighted by molar-refractivity contribution is 5.94. The van der Waals surface area contributed by atoms with E-state index in [1.165, 1.54) is 0 Å². The molecule has 18 heavy (non-hydrogen) atoms. The molecule has 0 saturated carbocycles. The highest BCUT2D eigenvalue weighted by atomic mass is 16.5. The lowest BCUT2D eigenvalue weighted by molar-refractivity contribution is 0.0655. The third kappa shape index (κ3) is 2.89. The van der Waals surface area contributed by atoms with Crippen LogP contribution >= 0.6 is 0 Å². The summed E-state index contributed by atoms with van der Waals surface area (Å²) in [4.78, 5) is 14.3. The molecule has 2 rings (SSSR count). The average Bonchev–Trinajstić information content (AvgIpc) is 2.40. The molecule has 1 saturated heterocycles. The van der Waals surface area contributed by atoms with Crippen LogP contribution in [0.25, 0.3) is 0 Å². The standard InChI is InChI=1S/C14H20N2O2/c1-11-9-15-7-8-16(11)14(17)13-5-3-12(4-6-13)10-18-2/h3-6,11,15H,7-10H2,1-2H3/t11-/m0/s1. The molecule has 0 spiro atoms. The van der Waals surface area contributed by atoms with Gasteiger partial charge in [-0.1, -0.05) is 12.1 Å². The van der Waals surface area contributed by atoms with E-state index in [1.54, 1.807) is 7.11 Å². The lowest BCUT2D eigenvalue weighted by Gasteiger charge is -2.34. The molecule has 1 aromatic carbocycles. The Balaban J connectivity index is 2.08. The van der Waals surface area contributed by atoms with Crippen LogP contribution < -0.4 is 5.32 Å². The molecule has 0 bridgehead atoms. The number of hydrogen-bond acceptors (Lipinski definition) is 3. The van der Waals surface area contributed by atoms with Gasteiger partial charge in [0.1, 0.15) is 0 Å². The minimum Gasteiger partial charge on any atom is -0.380 e. The van der Waals surface area contributed by atoms with E-state index >= 15 is 0 Å². The smallest absolute Gasteiger partial charge is 0.254 e. The van der Waals surface area contributed by atoms with Gasteiger partial charge in [0, 0.05) is 38.3 Å². The molecule has 1 atom stereocenters. The first-order chi connectivity index (χ1) is 8.72. The van der Waals surface area contributed by atoms with Crippen molar-refractivity contribution in [3.8, 4) is 0 Å². The van der Waals surface area contributed by atoms with Crippen molar-refractivity contribution in [1.29, 1.82) is 0 Å². The van der Waals surface area contributed by atoms with Gasteiger partial charge in [0.2, 0.25) is 0 Å². The van der Waals surface area contributed by atoms with Gasteiger partial charge in [-0.05, 0) is 24.6 Å². The third-order valence-corrected chi connectivity index (χ3v) is 3.27. The molecule has 4 nitrogen and oxygen atoms in total. The summed E-state index contributed by atoms with van der Waals surface area (Å²) in [5, 5.41) is 3.29. The summed E-state index contributed by atoms with van der Waals surface area (Å²) < 4.78 is 5.06. The van der Waals surface area contributed by atoms with Crippen molar-refractivity contribution in [2.75, 3.05) is 26.7 Å². The number of hydrogen-bond donors (Lipinski definition) is 1. The molecule has 0 aromatic heterocycles. The zero-order valence-corrected chi connectivity index (χ0v) is 11.0. The van der Waals surface area contributed by atoms with Gasteiger partial charge in [0.05, 0.1) is 6.61 Å². The van der Waals surface area contributed by atoms with E-state index in [0.29, 0.717) is 6.61 Å². The lowest BCUT2D eigenvalue weighted by Crippen LogP contribution is -2.52. The normalized spacial score (nSPS) is 19.9. The SMILES string of the molecule is COCc1ccc(C(=O)N2CCNC[C@@H]2C)cc1. The molecule has 4 heteroatoms. The first kappa shape index (κ1) is 13.1. The van der Waals surface area contributed by atoms with Crippen molar-refractivity contribution >= 4 is 5.91 Å². The van der Waals surface area contributed by atoms with Crippen LogP contribution in [0.15, 0.2) is 24.3 Å². The molecule has 98 valence electrons. The molecule has 1 amide bonds. The minimum absolute atomic E-state index is 0.118. The molecule has 1 aliphatic heterocycles. The van der Waals surface area contributed by atoms with E-state index in [9.17, 15) is 4.79 Å². The number of nitrogens with zero attached hydrogens (tertiary/aromatic N) is 1. The summed E-state index contributed by atoms with van der Waals surface area (Å²) in [6.07, 6.45) is 0. The van der Waals surface area contributed by atoms with Crippen LogP contribution in [0.3, 0.4) is 0 Å². The van der Waals surface area contributed by atoms with E-state index in [0.717, 1.165) is 30.8 Å². The molecule has 0 radical (unpaired) electrons. The Hall–Kier alpha value is -1.39. The van der Waals surface area contributed by atoms with Crippen LogP contribution in [0.5, 0.6) is 0 Å². The van der Waals surface area contributed by atoms with Crippen LogP contribution in [0.4, 0.5) is 0 Å². The topological polar surface area (TPSA) is 41.6 Å². The summed E-state index contributed by atoms with van der Waals surface area (Å²) in [7, 11) is 1.67.